The number of amides is 1. The van der Waals surface area contributed by atoms with Gasteiger partial charge in [-0.2, -0.15) is 0 Å². The fraction of sp³-hybridized carbons (Fsp3) is 0.533. The first-order valence-corrected chi connectivity index (χ1v) is 6.39. The Bertz CT molecular complexity index is 371. The first-order chi connectivity index (χ1) is 8.52. The fourth-order valence-electron chi connectivity index (χ4n) is 1.91. The number of hydrogen-bond acceptors (Lipinski definition) is 2. The van der Waals surface area contributed by atoms with Crippen molar-refractivity contribution in [2.24, 2.45) is 5.92 Å². The minimum absolute atomic E-state index is 0.0299. The lowest BCUT2D eigenvalue weighted by Crippen LogP contribution is -2.38. The van der Waals surface area contributed by atoms with Crippen LogP contribution in [0.2, 0.25) is 0 Å². The maximum atomic E-state index is 12.1. The Balaban J connectivity index is 2.62. The van der Waals surface area contributed by atoms with Crippen LogP contribution in [0.4, 0.5) is 0 Å². The third-order valence-electron chi connectivity index (χ3n) is 2.77. The van der Waals surface area contributed by atoms with Crippen molar-refractivity contribution in [2.75, 3.05) is 13.7 Å². The standard InChI is InChI=1S/C15H23NO2/c1-11(2)9-14(10-18-4)16-15(17)13-7-5-12(3)6-8-13/h5-8,11,14H,9-10H2,1-4H3,(H,16,17)/t14-/m1/s1. The summed E-state index contributed by atoms with van der Waals surface area (Å²) in [5.41, 5.74) is 1.85. The van der Waals surface area contributed by atoms with Gasteiger partial charge in [0.05, 0.1) is 12.6 Å². The van der Waals surface area contributed by atoms with Crippen molar-refractivity contribution < 1.29 is 9.53 Å². The number of aryl methyl sites for hydroxylation is 1. The molecule has 1 N–H and O–H groups in total. The summed E-state index contributed by atoms with van der Waals surface area (Å²) < 4.78 is 5.15. The molecule has 1 amide bonds. The van der Waals surface area contributed by atoms with Gasteiger partial charge in [0.15, 0.2) is 0 Å². The molecule has 0 aliphatic rings. The normalized spacial score (nSPS) is 12.5. The first-order valence-electron chi connectivity index (χ1n) is 6.39. The van der Waals surface area contributed by atoms with Crippen molar-refractivity contribution in [3.8, 4) is 0 Å². The maximum absolute atomic E-state index is 12.1. The number of carbonyl (C=O) groups excluding carboxylic acids is 1. The topological polar surface area (TPSA) is 38.3 Å². The summed E-state index contributed by atoms with van der Waals surface area (Å²) in [6, 6.07) is 7.67. The van der Waals surface area contributed by atoms with Gasteiger partial charge in [0, 0.05) is 12.7 Å². The van der Waals surface area contributed by atoms with Crippen LogP contribution < -0.4 is 5.32 Å². The number of methoxy groups -OCH3 is 1. The van der Waals surface area contributed by atoms with Gasteiger partial charge in [-0.3, -0.25) is 4.79 Å². The molecule has 0 unspecified atom stereocenters. The quantitative estimate of drug-likeness (QED) is 0.842. The molecular formula is C15H23NO2. The fourth-order valence-corrected chi connectivity index (χ4v) is 1.91. The lowest BCUT2D eigenvalue weighted by atomic mass is 10.0. The molecule has 0 aliphatic carbocycles. The molecule has 3 nitrogen and oxygen atoms in total. The van der Waals surface area contributed by atoms with E-state index in [1.807, 2.05) is 31.2 Å². The highest BCUT2D eigenvalue weighted by Gasteiger charge is 2.14. The molecular weight excluding hydrogens is 226 g/mol. The summed E-state index contributed by atoms with van der Waals surface area (Å²) in [5, 5.41) is 3.02. The molecule has 0 spiro atoms. The number of nitrogens with one attached hydrogen (secondary N) is 1. The zero-order valence-electron chi connectivity index (χ0n) is 11.7. The van der Waals surface area contributed by atoms with E-state index in [1.54, 1.807) is 7.11 Å². The monoisotopic (exact) mass is 249 g/mol. The van der Waals surface area contributed by atoms with Crippen molar-refractivity contribution in [2.45, 2.75) is 33.2 Å². The van der Waals surface area contributed by atoms with E-state index < -0.39 is 0 Å². The molecule has 1 rings (SSSR count). The van der Waals surface area contributed by atoms with E-state index in [9.17, 15) is 4.79 Å². The SMILES string of the molecule is COC[C@@H](CC(C)C)NC(=O)c1ccc(C)cc1. The Hall–Kier alpha value is -1.35. The lowest BCUT2D eigenvalue weighted by molar-refractivity contribution is 0.0884. The molecule has 1 atom stereocenters. The lowest BCUT2D eigenvalue weighted by Gasteiger charge is -2.19. The Morgan fingerprint density at radius 3 is 2.39 bits per heavy atom. The molecule has 0 bridgehead atoms. The van der Waals surface area contributed by atoms with E-state index in [0.29, 0.717) is 18.1 Å². The predicted octanol–water partition coefficient (Wildman–Crippen LogP) is 2.79. The van der Waals surface area contributed by atoms with E-state index in [4.69, 9.17) is 4.74 Å². The highest BCUT2D eigenvalue weighted by molar-refractivity contribution is 5.94. The minimum atomic E-state index is -0.0299. The van der Waals surface area contributed by atoms with Crippen LogP contribution in [0.1, 0.15) is 36.2 Å². The van der Waals surface area contributed by atoms with E-state index in [2.05, 4.69) is 19.2 Å². The molecule has 1 aromatic carbocycles. The molecule has 0 aromatic heterocycles. The van der Waals surface area contributed by atoms with Gasteiger partial charge >= 0.3 is 0 Å². The van der Waals surface area contributed by atoms with Gasteiger partial charge < -0.3 is 10.1 Å². The minimum Gasteiger partial charge on any atom is -0.383 e. The van der Waals surface area contributed by atoms with Crippen molar-refractivity contribution in [1.29, 1.82) is 0 Å². The Kier molecular flexibility index (Phi) is 5.86. The number of rotatable bonds is 6. The van der Waals surface area contributed by atoms with Gasteiger partial charge in [0.2, 0.25) is 0 Å². The predicted molar refractivity (Wildman–Crippen MR) is 73.8 cm³/mol. The number of benzene rings is 1. The zero-order chi connectivity index (χ0) is 13.5. The average molecular weight is 249 g/mol. The average Bonchev–Trinajstić information content (AvgIpc) is 2.29. The van der Waals surface area contributed by atoms with Crippen LogP contribution in [0.3, 0.4) is 0 Å². The second-order valence-corrected chi connectivity index (χ2v) is 5.12. The van der Waals surface area contributed by atoms with Crippen LogP contribution in [0.25, 0.3) is 0 Å². The van der Waals surface area contributed by atoms with E-state index >= 15 is 0 Å². The summed E-state index contributed by atoms with van der Waals surface area (Å²) >= 11 is 0. The van der Waals surface area contributed by atoms with E-state index in [-0.39, 0.29) is 11.9 Å². The van der Waals surface area contributed by atoms with Crippen LogP contribution in [-0.2, 0) is 4.74 Å². The summed E-state index contributed by atoms with van der Waals surface area (Å²) in [6.45, 7) is 6.84. The molecule has 0 saturated heterocycles. The largest absolute Gasteiger partial charge is 0.383 e. The van der Waals surface area contributed by atoms with Gasteiger partial charge in [-0.25, -0.2) is 0 Å². The Morgan fingerprint density at radius 2 is 1.89 bits per heavy atom. The molecule has 1 aromatic rings. The van der Waals surface area contributed by atoms with E-state index in [0.717, 1.165) is 12.0 Å². The number of carbonyl (C=O) groups is 1. The van der Waals surface area contributed by atoms with Crippen LogP contribution >= 0.6 is 0 Å². The molecule has 0 saturated carbocycles. The second-order valence-electron chi connectivity index (χ2n) is 5.12. The summed E-state index contributed by atoms with van der Waals surface area (Å²) in [5.74, 6) is 0.501. The van der Waals surface area contributed by atoms with Crippen molar-refractivity contribution >= 4 is 5.91 Å². The molecule has 0 heterocycles. The van der Waals surface area contributed by atoms with Crippen molar-refractivity contribution in [3.05, 3.63) is 35.4 Å². The van der Waals surface area contributed by atoms with Gasteiger partial charge in [-0.15, -0.1) is 0 Å². The highest BCUT2D eigenvalue weighted by Crippen LogP contribution is 2.08. The third-order valence-corrected chi connectivity index (χ3v) is 2.77. The van der Waals surface area contributed by atoms with E-state index in [1.165, 1.54) is 0 Å². The first kappa shape index (κ1) is 14.7. The number of ether oxygens (including phenoxy) is 1. The maximum Gasteiger partial charge on any atom is 0.251 e. The smallest absolute Gasteiger partial charge is 0.251 e. The zero-order valence-corrected chi connectivity index (χ0v) is 11.7. The third kappa shape index (κ3) is 4.88. The molecule has 0 aliphatic heterocycles. The highest BCUT2D eigenvalue weighted by atomic mass is 16.5. The van der Waals surface area contributed by atoms with Crippen LogP contribution in [0.15, 0.2) is 24.3 Å². The van der Waals surface area contributed by atoms with Gasteiger partial charge in [0.25, 0.3) is 5.91 Å². The summed E-state index contributed by atoms with van der Waals surface area (Å²) in [7, 11) is 1.66. The Labute approximate surface area is 110 Å². The van der Waals surface area contributed by atoms with Crippen molar-refractivity contribution in [1.82, 2.24) is 5.32 Å². The van der Waals surface area contributed by atoms with Crippen LogP contribution in [-0.4, -0.2) is 25.7 Å². The second kappa shape index (κ2) is 7.17. The molecule has 3 heteroatoms. The molecule has 18 heavy (non-hydrogen) atoms. The van der Waals surface area contributed by atoms with Crippen LogP contribution in [0, 0.1) is 12.8 Å². The van der Waals surface area contributed by atoms with Crippen molar-refractivity contribution in [3.63, 3.8) is 0 Å². The molecule has 0 fully saturated rings. The number of hydrogen-bond donors (Lipinski definition) is 1. The molecule has 0 radical (unpaired) electrons. The molecule has 100 valence electrons. The van der Waals surface area contributed by atoms with Gasteiger partial charge in [-0.05, 0) is 31.4 Å². The summed E-state index contributed by atoms with van der Waals surface area (Å²) in [4.78, 5) is 12.1. The Morgan fingerprint density at radius 1 is 1.28 bits per heavy atom. The summed E-state index contributed by atoms with van der Waals surface area (Å²) in [6.07, 6.45) is 0.922. The van der Waals surface area contributed by atoms with Gasteiger partial charge in [0.1, 0.15) is 0 Å². The van der Waals surface area contributed by atoms with Crippen LogP contribution in [0.5, 0.6) is 0 Å². The van der Waals surface area contributed by atoms with Gasteiger partial charge in [-0.1, -0.05) is 31.5 Å².